The Morgan fingerprint density at radius 3 is 2.48 bits per heavy atom. The number of aliphatic hydroxyl groups excluding tert-OH is 1. The van der Waals surface area contributed by atoms with Crippen LogP contribution in [-0.4, -0.2) is 90.0 Å². The Bertz CT molecular complexity index is 746. The zero-order valence-corrected chi connectivity index (χ0v) is 15.8. The maximum atomic E-state index is 13.5. The molecule has 1 spiro atoms. The second-order valence-corrected chi connectivity index (χ2v) is 7.09. The van der Waals surface area contributed by atoms with Gasteiger partial charge in [-0.15, -0.1) is 0 Å². The number of carbonyl (C=O) groups excluding carboxylic acids is 1. The van der Waals surface area contributed by atoms with E-state index in [0.717, 1.165) is 19.5 Å². The van der Waals surface area contributed by atoms with E-state index in [-0.39, 0.29) is 23.9 Å². The first-order valence-electron chi connectivity index (χ1n) is 8.89. The van der Waals surface area contributed by atoms with Crippen molar-refractivity contribution >= 4 is 17.6 Å². The molecule has 0 aromatic heterocycles. The molecule has 11 heteroatoms. The number of anilines is 1. The minimum Gasteiger partial charge on any atom is -0.475 e. The molecule has 2 heterocycles. The van der Waals surface area contributed by atoms with Crippen LogP contribution in [0.1, 0.15) is 6.42 Å². The van der Waals surface area contributed by atoms with E-state index in [1.54, 1.807) is 17.0 Å². The van der Waals surface area contributed by atoms with Gasteiger partial charge in [-0.3, -0.25) is 14.6 Å². The van der Waals surface area contributed by atoms with Crippen LogP contribution in [0.4, 0.5) is 23.2 Å². The topological polar surface area (TPSA) is 84.3 Å². The predicted octanol–water partition coefficient (Wildman–Crippen LogP) is 1.17. The molecule has 1 amide bonds. The van der Waals surface area contributed by atoms with E-state index < -0.39 is 12.1 Å². The number of nitrogens with zero attached hydrogens (tertiary/aromatic N) is 3. The van der Waals surface area contributed by atoms with Crippen molar-refractivity contribution in [3.05, 3.63) is 30.1 Å². The lowest BCUT2D eigenvalue weighted by Gasteiger charge is -2.47. The summed E-state index contributed by atoms with van der Waals surface area (Å²) in [6, 6.07) is 6.21. The molecule has 1 atom stereocenters. The number of likely N-dealkylation sites (N-methyl/N-ethyl adjacent to an activating group) is 1. The molecule has 162 valence electrons. The summed E-state index contributed by atoms with van der Waals surface area (Å²) in [5, 5.41) is 16.2. The van der Waals surface area contributed by atoms with Crippen LogP contribution < -0.4 is 4.90 Å². The highest BCUT2D eigenvalue weighted by Gasteiger charge is 2.47. The Kier molecular flexibility index (Phi) is 7.20. The number of aliphatic hydroxyl groups is 1. The smallest absolute Gasteiger partial charge is 0.475 e. The fourth-order valence-electron chi connectivity index (χ4n) is 3.55. The predicted molar refractivity (Wildman–Crippen MR) is 95.9 cm³/mol. The summed E-state index contributed by atoms with van der Waals surface area (Å²) < 4.78 is 45.2. The molecule has 1 unspecified atom stereocenters. The number of hydrogen-bond acceptors (Lipinski definition) is 5. The van der Waals surface area contributed by atoms with Gasteiger partial charge >= 0.3 is 12.1 Å². The van der Waals surface area contributed by atoms with Gasteiger partial charge in [0, 0.05) is 31.9 Å². The summed E-state index contributed by atoms with van der Waals surface area (Å²) in [4.78, 5) is 27.3. The number of β-amino-alcohol motifs (C(OH)–C–C–N with tert-alkyl or cyclic N) is 1. The van der Waals surface area contributed by atoms with Crippen molar-refractivity contribution in [3.8, 4) is 0 Å². The van der Waals surface area contributed by atoms with E-state index in [2.05, 4.69) is 9.80 Å². The van der Waals surface area contributed by atoms with Crippen LogP contribution in [-0.2, 0) is 9.59 Å². The zero-order valence-electron chi connectivity index (χ0n) is 15.8. The molecular weight excluding hydrogens is 398 g/mol. The Morgan fingerprint density at radius 2 is 1.93 bits per heavy atom. The van der Waals surface area contributed by atoms with E-state index in [0.29, 0.717) is 25.3 Å². The van der Waals surface area contributed by atoms with Crippen LogP contribution in [0.15, 0.2) is 24.3 Å². The number of halogens is 4. The molecule has 2 aliphatic rings. The van der Waals surface area contributed by atoms with Crippen LogP contribution in [0.25, 0.3) is 0 Å². The third kappa shape index (κ3) is 5.64. The van der Waals surface area contributed by atoms with Gasteiger partial charge in [-0.25, -0.2) is 9.18 Å². The molecule has 2 aliphatic heterocycles. The number of carbonyl (C=O) groups is 2. The Balaban J connectivity index is 0.000000370. The summed E-state index contributed by atoms with van der Waals surface area (Å²) in [5.41, 5.74) is 0.508. The van der Waals surface area contributed by atoms with Gasteiger partial charge in [-0.1, -0.05) is 6.07 Å². The van der Waals surface area contributed by atoms with Crippen LogP contribution in [0.3, 0.4) is 0 Å². The van der Waals surface area contributed by atoms with Crippen molar-refractivity contribution in [1.82, 2.24) is 9.80 Å². The Hall–Kier alpha value is -2.24. The lowest BCUT2D eigenvalue weighted by molar-refractivity contribution is -0.192. The monoisotopic (exact) mass is 421 g/mol. The highest BCUT2D eigenvalue weighted by atomic mass is 19.4. The Morgan fingerprint density at radius 1 is 1.28 bits per heavy atom. The SMILES string of the molecule is CN1CC(=O)N(c2cccc(F)c2)CC12CCN(CCO)C2.O=C(O)C(F)(F)F. The van der Waals surface area contributed by atoms with Crippen molar-refractivity contribution in [1.29, 1.82) is 0 Å². The number of amides is 1. The van der Waals surface area contributed by atoms with E-state index in [1.807, 2.05) is 7.05 Å². The summed E-state index contributed by atoms with van der Waals surface area (Å²) in [7, 11) is 1.98. The van der Waals surface area contributed by atoms with Crippen LogP contribution in [0.2, 0.25) is 0 Å². The average Bonchev–Trinajstić information content (AvgIpc) is 3.02. The molecule has 2 N–H and O–H groups in total. The molecule has 2 saturated heterocycles. The van der Waals surface area contributed by atoms with Crippen molar-refractivity contribution in [2.24, 2.45) is 0 Å². The second kappa shape index (κ2) is 9.06. The third-order valence-corrected chi connectivity index (χ3v) is 5.13. The van der Waals surface area contributed by atoms with Gasteiger partial charge in [0.25, 0.3) is 0 Å². The maximum absolute atomic E-state index is 13.5. The summed E-state index contributed by atoms with van der Waals surface area (Å²) in [6.07, 6.45) is -4.14. The van der Waals surface area contributed by atoms with Crippen LogP contribution in [0.5, 0.6) is 0 Å². The number of alkyl halides is 3. The number of aliphatic carboxylic acids is 1. The number of likely N-dealkylation sites (tertiary alicyclic amines) is 1. The number of benzene rings is 1. The van der Waals surface area contributed by atoms with E-state index in [4.69, 9.17) is 15.0 Å². The zero-order chi connectivity index (χ0) is 21.8. The van der Waals surface area contributed by atoms with Crippen molar-refractivity contribution < 1.29 is 37.4 Å². The highest BCUT2D eigenvalue weighted by molar-refractivity contribution is 5.96. The van der Waals surface area contributed by atoms with Gasteiger partial charge in [-0.2, -0.15) is 13.2 Å². The molecular formula is C18H23F4N3O4. The first-order chi connectivity index (χ1) is 13.5. The fraction of sp³-hybridized carbons (Fsp3) is 0.556. The van der Waals surface area contributed by atoms with E-state index in [9.17, 15) is 22.4 Å². The standard InChI is InChI=1S/C16H22FN3O2.C2HF3O2/c1-18-10-15(22)20(14-4-2-3-13(17)9-14)12-16(18)5-6-19(11-16)7-8-21;3-2(4,5)1(6)7/h2-4,9,21H,5-8,10-12H2,1H3;(H,6,7). The highest BCUT2D eigenvalue weighted by Crippen LogP contribution is 2.33. The van der Waals surface area contributed by atoms with Gasteiger partial charge in [0.05, 0.1) is 18.7 Å². The van der Waals surface area contributed by atoms with Gasteiger partial charge in [-0.05, 0) is 31.7 Å². The molecule has 1 aromatic rings. The van der Waals surface area contributed by atoms with Crippen LogP contribution in [0, 0.1) is 5.82 Å². The molecule has 0 radical (unpaired) electrons. The number of hydrogen-bond donors (Lipinski definition) is 2. The quantitative estimate of drug-likeness (QED) is 0.713. The molecule has 0 bridgehead atoms. The van der Waals surface area contributed by atoms with Crippen LogP contribution >= 0.6 is 0 Å². The fourth-order valence-corrected chi connectivity index (χ4v) is 3.55. The normalized spacial score (nSPS) is 23.2. The number of carboxylic acid groups (broad SMARTS) is 1. The van der Waals surface area contributed by atoms with Gasteiger partial charge < -0.3 is 15.1 Å². The minimum absolute atomic E-state index is 0.000617. The molecule has 7 nitrogen and oxygen atoms in total. The van der Waals surface area contributed by atoms with Crippen molar-refractivity contribution in [2.45, 2.75) is 18.1 Å². The minimum atomic E-state index is -5.08. The van der Waals surface area contributed by atoms with E-state index >= 15 is 0 Å². The molecule has 0 saturated carbocycles. The second-order valence-electron chi connectivity index (χ2n) is 7.09. The first kappa shape index (κ1) is 23.0. The number of rotatable bonds is 3. The van der Waals surface area contributed by atoms with E-state index in [1.165, 1.54) is 12.1 Å². The third-order valence-electron chi connectivity index (χ3n) is 5.13. The molecule has 29 heavy (non-hydrogen) atoms. The lowest BCUT2D eigenvalue weighted by Crippen LogP contribution is -2.64. The summed E-state index contributed by atoms with van der Waals surface area (Å²) in [5.74, 6) is -3.08. The lowest BCUT2D eigenvalue weighted by atomic mass is 9.92. The van der Waals surface area contributed by atoms with Gasteiger partial charge in [0.2, 0.25) is 5.91 Å². The molecule has 2 fully saturated rings. The summed E-state index contributed by atoms with van der Waals surface area (Å²) in [6.45, 7) is 3.44. The number of carboxylic acids is 1. The van der Waals surface area contributed by atoms with Gasteiger partial charge in [0.15, 0.2) is 0 Å². The van der Waals surface area contributed by atoms with Crippen molar-refractivity contribution in [2.75, 3.05) is 51.3 Å². The Labute approximate surface area is 165 Å². The molecule has 3 rings (SSSR count). The maximum Gasteiger partial charge on any atom is 0.490 e. The average molecular weight is 421 g/mol. The summed E-state index contributed by atoms with van der Waals surface area (Å²) >= 11 is 0. The number of piperazine rings is 1. The van der Waals surface area contributed by atoms with Gasteiger partial charge in [0.1, 0.15) is 5.82 Å². The molecule has 0 aliphatic carbocycles. The van der Waals surface area contributed by atoms with Crippen molar-refractivity contribution in [3.63, 3.8) is 0 Å². The largest absolute Gasteiger partial charge is 0.490 e. The first-order valence-corrected chi connectivity index (χ1v) is 8.89. The molecule has 1 aromatic carbocycles.